The number of benzene rings is 4. The van der Waals surface area contributed by atoms with Crippen molar-refractivity contribution >= 4 is 37.9 Å². The summed E-state index contributed by atoms with van der Waals surface area (Å²) in [6, 6.07) is 32.0. The van der Waals surface area contributed by atoms with Gasteiger partial charge in [0.25, 0.3) is 0 Å². The van der Waals surface area contributed by atoms with E-state index in [1.165, 1.54) is 0 Å². The molecule has 0 aliphatic heterocycles. The second-order valence-electron chi connectivity index (χ2n) is 7.46. The smallest absolute Gasteiger partial charge is 0.164 e. The number of aromatic nitrogens is 3. The van der Waals surface area contributed by atoms with E-state index in [1.54, 1.807) is 0 Å². The zero-order valence-electron chi connectivity index (χ0n) is 16.9. The normalized spacial score (nSPS) is 11.3. The van der Waals surface area contributed by atoms with Crippen LogP contribution < -0.4 is 0 Å². The summed E-state index contributed by atoms with van der Waals surface area (Å²) in [5.41, 5.74) is 4.44. The van der Waals surface area contributed by atoms with E-state index in [0.717, 1.165) is 43.1 Å². The van der Waals surface area contributed by atoms with Crippen LogP contribution in [-0.2, 0) is 0 Å². The Morgan fingerprint density at radius 3 is 2.06 bits per heavy atom. The first-order chi connectivity index (χ1) is 15.8. The minimum atomic E-state index is 0.617. The molecule has 0 radical (unpaired) electrons. The van der Waals surface area contributed by atoms with Crippen molar-refractivity contribution in [2.45, 2.75) is 0 Å². The first-order valence-electron chi connectivity index (χ1n) is 10.2. The van der Waals surface area contributed by atoms with Gasteiger partial charge < -0.3 is 4.42 Å². The van der Waals surface area contributed by atoms with E-state index >= 15 is 0 Å². The average molecular weight is 478 g/mol. The van der Waals surface area contributed by atoms with Crippen molar-refractivity contribution in [1.82, 2.24) is 15.0 Å². The van der Waals surface area contributed by atoms with Crippen LogP contribution in [0.5, 0.6) is 0 Å². The van der Waals surface area contributed by atoms with Gasteiger partial charge in [0.05, 0.1) is 0 Å². The lowest BCUT2D eigenvalue weighted by Crippen LogP contribution is -2.00. The molecule has 0 saturated carbocycles. The molecule has 0 aliphatic rings. The Kier molecular flexibility index (Phi) is 4.55. The lowest BCUT2D eigenvalue weighted by Gasteiger charge is -2.09. The third-order valence-corrected chi connectivity index (χ3v) is 5.89. The molecule has 5 heteroatoms. The first-order valence-corrected chi connectivity index (χ1v) is 11.0. The Balaban J connectivity index is 1.65. The summed E-state index contributed by atoms with van der Waals surface area (Å²) in [6.07, 6.45) is 0. The van der Waals surface area contributed by atoms with Gasteiger partial charge in [0.1, 0.15) is 11.2 Å². The van der Waals surface area contributed by atoms with Crippen LogP contribution in [0.4, 0.5) is 0 Å². The number of halogens is 1. The molecule has 0 atom stereocenters. The summed E-state index contributed by atoms with van der Waals surface area (Å²) in [7, 11) is 0. The maximum absolute atomic E-state index is 6.08. The Morgan fingerprint density at radius 2 is 1.22 bits per heavy atom. The maximum atomic E-state index is 6.08. The quantitative estimate of drug-likeness (QED) is 0.264. The van der Waals surface area contributed by atoms with Crippen molar-refractivity contribution < 1.29 is 4.42 Å². The summed E-state index contributed by atoms with van der Waals surface area (Å²) in [5, 5.41) is 2.05. The van der Waals surface area contributed by atoms with Crippen LogP contribution in [0.25, 0.3) is 56.1 Å². The van der Waals surface area contributed by atoms with Gasteiger partial charge in [-0.3, -0.25) is 0 Å². The Bertz CT molecular complexity index is 1590. The average Bonchev–Trinajstić information content (AvgIpc) is 3.23. The molecule has 0 amide bonds. The van der Waals surface area contributed by atoms with Gasteiger partial charge in [0.2, 0.25) is 0 Å². The summed E-state index contributed by atoms with van der Waals surface area (Å²) in [4.78, 5) is 14.6. The number of hydrogen-bond acceptors (Lipinski definition) is 4. The second-order valence-corrected chi connectivity index (χ2v) is 8.38. The minimum Gasteiger partial charge on any atom is -0.456 e. The molecule has 0 N–H and O–H groups in total. The van der Waals surface area contributed by atoms with Crippen LogP contribution in [0.2, 0.25) is 0 Å². The second kappa shape index (κ2) is 7.70. The predicted molar refractivity (Wildman–Crippen MR) is 131 cm³/mol. The van der Waals surface area contributed by atoms with Gasteiger partial charge in [0.15, 0.2) is 17.5 Å². The van der Waals surface area contributed by atoms with Gasteiger partial charge in [-0.1, -0.05) is 88.7 Å². The number of nitrogens with zero attached hydrogens (tertiary/aromatic N) is 3. The first kappa shape index (κ1) is 18.9. The van der Waals surface area contributed by atoms with Gasteiger partial charge in [-0.05, 0) is 24.3 Å². The molecule has 6 aromatic rings. The molecule has 32 heavy (non-hydrogen) atoms. The molecule has 4 aromatic carbocycles. The number of rotatable bonds is 3. The van der Waals surface area contributed by atoms with Crippen molar-refractivity contribution in [3.63, 3.8) is 0 Å². The van der Waals surface area contributed by atoms with Gasteiger partial charge in [-0.25, -0.2) is 15.0 Å². The number of furan rings is 1. The molecule has 0 spiro atoms. The molecular weight excluding hydrogens is 462 g/mol. The van der Waals surface area contributed by atoms with Crippen molar-refractivity contribution in [3.8, 4) is 34.2 Å². The van der Waals surface area contributed by atoms with Crippen molar-refractivity contribution in [1.29, 1.82) is 0 Å². The Morgan fingerprint density at radius 1 is 0.562 bits per heavy atom. The van der Waals surface area contributed by atoms with E-state index < -0.39 is 0 Å². The van der Waals surface area contributed by atoms with E-state index in [-0.39, 0.29) is 0 Å². The number of fused-ring (bicyclic) bond motifs is 3. The molecule has 2 aromatic heterocycles. The van der Waals surface area contributed by atoms with Crippen molar-refractivity contribution in [2.75, 3.05) is 0 Å². The Labute approximate surface area is 192 Å². The van der Waals surface area contributed by atoms with Crippen LogP contribution in [0.15, 0.2) is 106 Å². The highest BCUT2D eigenvalue weighted by atomic mass is 79.9. The minimum absolute atomic E-state index is 0.617. The Hall–Kier alpha value is -3.83. The third-order valence-electron chi connectivity index (χ3n) is 5.39. The number of hydrogen-bond donors (Lipinski definition) is 0. The maximum Gasteiger partial charge on any atom is 0.164 e. The zero-order chi connectivity index (χ0) is 21.5. The van der Waals surface area contributed by atoms with Gasteiger partial charge in [0, 0.05) is 31.9 Å². The van der Waals surface area contributed by atoms with Crippen LogP contribution in [0, 0.1) is 0 Å². The van der Waals surface area contributed by atoms with Crippen LogP contribution in [-0.4, -0.2) is 15.0 Å². The SMILES string of the molecule is Brc1cccc(-c2nc(-c3ccccc3)nc(-c3cccc4oc5ccccc5c34)n2)c1. The molecule has 2 heterocycles. The largest absolute Gasteiger partial charge is 0.456 e. The van der Waals surface area contributed by atoms with Gasteiger partial charge in [-0.15, -0.1) is 0 Å². The molecule has 0 saturated heterocycles. The molecule has 4 nitrogen and oxygen atoms in total. The van der Waals surface area contributed by atoms with Gasteiger partial charge in [-0.2, -0.15) is 0 Å². The van der Waals surface area contributed by atoms with E-state index in [0.29, 0.717) is 17.5 Å². The third kappa shape index (κ3) is 3.27. The van der Waals surface area contributed by atoms with Crippen LogP contribution in [0.1, 0.15) is 0 Å². The standard InChI is InChI=1S/C27H16BrN3O/c28-19-11-6-10-18(16-19)26-29-25(17-8-2-1-3-9-17)30-27(31-26)21-13-7-15-23-24(21)20-12-4-5-14-22(20)32-23/h1-16H. The summed E-state index contributed by atoms with van der Waals surface area (Å²) < 4.78 is 7.06. The predicted octanol–water partition coefficient (Wildman–Crippen LogP) is 7.53. The van der Waals surface area contributed by atoms with E-state index in [1.807, 2.05) is 91.0 Å². The monoisotopic (exact) mass is 477 g/mol. The molecule has 0 bridgehead atoms. The molecular formula is C27H16BrN3O. The number of para-hydroxylation sites is 1. The van der Waals surface area contributed by atoms with Crippen molar-refractivity contribution in [3.05, 3.63) is 102 Å². The molecule has 6 rings (SSSR count). The highest BCUT2D eigenvalue weighted by molar-refractivity contribution is 9.10. The van der Waals surface area contributed by atoms with E-state index in [4.69, 9.17) is 19.4 Å². The fourth-order valence-electron chi connectivity index (χ4n) is 3.93. The molecule has 0 fully saturated rings. The summed E-state index contributed by atoms with van der Waals surface area (Å²) in [6.45, 7) is 0. The highest BCUT2D eigenvalue weighted by Gasteiger charge is 2.17. The fraction of sp³-hybridized carbons (Fsp3) is 0. The van der Waals surface area contributed by atoms with E-state index in [9.17, 15) is 0 Å². The highest BCUT2D eigenvalue weighted by Crippen LogP contribution is 2.36. The fourth-order valence-corrected chi connectivity index (χ4v) is 4.33. The molecule has 0 unspecified atom stereocenters. The van der Waals surface area contributed by atoms with Crippen LogP contribution in [0.3, 0.4) is 0 Å². The lowest BCUT2D eigenvalue weighted by molar-refractivity contribution is 0.669. The van der Waals surface area contributed by atoms with Gasteiger partial charge >= 0.3 is 0 Å². The van der Waals surface area contributed by atoms with Crippen LogP contribution >= 0.6 is 15.9 Å². The summed E-state index contributed by atoms with van der Waals surface area (Å²) in [5.74, 6) is 1.88. The molecule has 0 aliphatic carbocycles. The van der Waals surface area contributed by atoms with E-state index in [2.05, 4.69) is 22.0 Å². The molecule has 152 valence electrons. The topological polar surface area (TPSA) is 51.8 Å². The lowest BCUT2D eigenvalue weighted by atomic mass is 10.1. The zero-order valence-corrected chi connectivity index (χ0v) is 18.5. The van der Waals surface area contributed by atoms with Crippen molar-refractivity contribution in [2.24, 2.45) is 0 Å². The summed E-state index contributed by atoms with van der Waals surface area (Å²) >= 11 is 3.56.